The molecular weight excluding hydrogens is 372 g/mol. The Morgan fingerprint density at radius 2 is 1.89 bits per heavy atom. The highest BCUT2D eigenvalue weighted by molar-refractivity contribution is 7.91. The van der Waals surface area contributed by atoms with Crippen LogP contribution in [0.1, 0.15) is 6.42 Å². The summed E-state index contributed by atoms with van der Waals surface area (Å²) in [6.07, 6.45) is 3.94. The highest BCUT2D eigenvalue weighted by Crippen LogP contribution is 2.34. The molecule has 2 aromatic carbocycles. The summed E-state index contributed by atoms with van der Waals surface area (Å²) < 4.78 is 14.4. The number of hydrogen-bond donors (Lipinski definition) is 2. The highest BCUT2D eigenvalue weighted by Gasteiger charge is 2.17. The first-order chi connectivity index (χ1) is 13.7. The Morgan fingerprint density at radius 3 is 2.68 bits per heavy atom. The topological polar surface area (TPSA) is 100 Å². The van der Waals surface area contributed by atoms with Gasteiger partial charge in [-0.3, -0.25) is 0 Å². The number of anilines is 1. The van der Waals surface area contributed by atoms with Gasteiger partial charge in [-0.15, -0.1) is 0 Å². The van der Waals surface area contributed by atoms with Crippen LogP contribution in [0.2, 0.25) is 0 Å². The molecule has 0 aliphatic rings. The summed E-state index contributed by atoms with van der Waals surface area (Å²) in [6.45, 7) is 0.0320. The Morgan fingerprint density at radius 1 is 1.07 bits per heavy atom. The van der Waals surface area contributed by atoms with Gasteiger partial charge in [0.15, 0.2) is 10.5 Å². The molecule has 1 atom stereocenters. The van der Waals surface area contributed by atoms with E-state index in [1.54, 1.807) is 0 Å². The SMILES string of the molecule is Nc1ncnc2c1c(-c1ccccc1)cn2-c1cccc([S+]([O-])CCCO)c1. The van der Waals surface area contributed by atoms with Crippen LogP contribution in [-0.2, 0) is 11.2 Å². The maximum absolute atomic E-state index is 12.5. The molecule has 6 nitrogen and oxygen atoms in total. The number of nitrogens with two attached hydrogens (primary N) is 1. The normalized spacial score (nSPS) is 12.4. The van der Waals surface area contributed by atoms with Gasteiger partial charge in [0.25, 0.3) is 0 Å². The predicted octanol–water partition coefficient (Wildman–Crippen LogP) is 3.16. The summed E-state index contributed by atoms with van der Waals surface area (Å²) in [5.74, 6) is 0.849. The van der Waals surface area contributed by atoms with E-state index in [2.05, 4.69) is 9.97 Å². The van der Waals surface area contributed by atoms with Crippen molar-refractivity contribution in [2.75, 3.05) is 18.1 Å². The van der Waals surface area contributed by atoms with Crippen LogP contribution < -0.4 is 5.73 Å². The zero-order valence-electron chi connectivity index (χ0n) is 15.2. The number of aliphatic hydroxyl groups excluding tert-OH is 1. The molecule has 0 amide bonds. The molecule has 0 bridgehead atoms. The Balaban J connectivity index is 1.85. The minimum atomic E-state index is -1.17. The van der Waals surface area contributed by atoms with Gasteiger partial charge in [0.1, 0.15) is 17.9 Å². The van der Waals surface area contributed by atoms with E-state index in [1.165, 1.54) is 6.33 Å². The van der Waals surface area contributed by atoms with Gasteiger partial charge in [0.05, 0.1) is 11.1 Å². The third kappa shape index (κ3) is 3.47. The summed E-state index contributed by atoms with van der Waals surface area (Å²) >= 11 is -1.17. The molecule has 28 heavy (non-hydrogen) atoms. The minimum Gasteiger partial charge on any atom is -0.611 e. The largest absolute Gasteiger partial charge is 0.611 e. The van der Waals surface area contributed by atoms with E-state index in [0.29, 0.717) is 23.6 Å². The number of fused-ring (bicyclic) bond motifs is 1. The molecule has 142 valence electrons. The molecule has 0 spiro atoms. The number of benzene rings is 2. The molecule has 0 aliphatic heterocycles. The summed E-state index contributed by atoms with van der Waals surface area (Å²) in [7, 11) is 0. The minimum absolute atomic E-state index is 0.0320. The summed E-state index contributed by atoms with van der Waals surface area (Å²) in [5.41, 5.74) is 9.70. The van der Waals surface area contributed by atoms with Crippen LogP contribution in [0.4, 0.5) is 5.82 Å². The molecular formula is C21H20N4O2S. The van der Waals surface area contributed by atoms with Gasteiger partial charge in [0, 0.05) is 30.9 Å². The maximum Gasteiger partial charge on any atom is 0.154 e. The molecule has 0 saturated heterocycles. The van der Waals surface area contributed by atoms with Gasteiger partial charge in [-0.1, -0.05) is 36.4 Å². The molecule has 0 saturated carbocycles. The molecule has 2 heterocycles. The van der Waals surface area contributed by atoms with Crippen molar-refractivity contribution in [1.82, 2.24) is 14.5 Å². The van der Waals surface area contributed by atoms with Gasteiger partial charge < -0.3 is 20.0 Å². The van der Waals surface area contributed by atoms with E-state index in [1.807, 2.05) is 65.4 Å². The second kappa shape index (κ2) is 8.02. The van der Waals surface area contributed by atoms with Crippen molar-refractivity contribution < 1.29 is 9.66 Å². The van der Waals surface area contributed by atoms with Crippen LogP contribution in [0, 0.1) is 0 Å². The molecule has 7 heteroatoms. The van der Waals surface area contributed by atoms with Crippen LogP contribution in [0.3, 0.4) is 0 Å². The third-order valence-corrected chi connectivity index (χ3v) is 5.98. The smallest absolute Gasteiger partial charge is 0.154 e. The second-order valence-corrected chi connectivity index (χ2v) is 7.93. The van der Waals surface area contributed by atoms with Crippen LogP contribution in [0.25, 0.3) is 27.8 Å². The third-order valence-electron chi connectivity index (χ3n) is 4.54. The van der Waals surface area contributed by atoms with Gasteiger partial charge in [0.2, 0.25) is 0 Å². The zero-order valence-corrected chi connectivity index (χ0v) is 16.0. The Bertz CT molecular complexity index is 1100. The fourth-order valence-electron chi connectivity index (χ4n) is 3.21. The number of aromatic nitrogens is 3. The molecule has 0 radical (unpaired) electrons. The van der Waals surface area contributed by atoms with E-state index in [-0.39, 0.29) is 6.61 Å². The van der Waals surface area contributed by atoms with E-state index in [0.717, 1.165) is 27.1 Å². The van der Waals surface area contributed by atoms with Gasteiger partial charge in [-0.05, 0) is 28.9 Å². The lowest BCUT2D eigenvalue weighted by molar-refractivity contribution is 0.295. The molecule has 4 rings (SSSR count). The van der Waals surface area contributed by atoms with Crippen molar-refractivity contribution in [3.05, 3.63) is 67.1 Å². The molecule has 1 unspecified atom stereocenters. The molecule has 3 N–H and O–H groups in total. The number of nitrogens with zero attached hydrogens (tertiary/aromatic N) is 3. The lowest BCUT2D eigenvalue weighted by Crippen LogP contribution is -2.09. The number of nitrogen functional groups attached to an aromatic ring is 1. The van der Waals surface area contributed by atoms with Crippen molar-refractivity contribution in [3.63, 3.8) is 0 Å². The summed E-state index contributed by atoms with van der Waals surface area (Å²) in [6, 6.07) is 17.5. The van der Waals surface area contributed by atoms with Crippen LogP contribution in [0.15, 0.2) is 72.0 Å². The summed E-state index contributed by atoms with van der Waals surface area (Å²) in [5, 5.41) is 9.78. The second-order valence-electron chi connectivity index (χ2n) is 6.36. The van der Waals surface area contributed by atoms with E-state index < -0.39 is 11.2 Å². The van der Waals surface area contributed by atoms with Crippen LogP contribution >= 0.6 is 0 Å². The number of hydrogen-bond acceptors (Lipinski definition) is 5. The van der Waals surface area contributed by atoms with Crippen molar-refractivity contribution in [2.24, 2.45) is 0 Å². The first-order valence-electron chi connectivity index (χ1n) is 8.95. The van der Waals surface area contributed by atoms with Gasteiger partial charge >= 0.3 is 0 Å². The Hall–Kier alpha value is -2.87. The average Bonchev–Trinajstić information content (AvgIpc) is 3.14. The average molecular weight is 392 g/mol. The molecule has 4 aromatic rings. The lowest BCUT2D eigenvalue weighted by atomic mass is 10.1. The predicted molar refractivity (Wildman–Crippen MR) is 112 cm³/mol. The standard InChI is InChI=1S/C21H20N4O2S/c22-20-19-18(15-6-2-1-3-7-15)13-25(21(19)24-14-23-20)16-8-4-9-17(12-16)28(27)11-5-10-26/h1-4,6-9,12-14,26H,5,10-11H2,(H2,22,23,24). The van der Waals surface area contributed by atoms with Crippen LogP contribution in [0.5, 0.6) is 0 Å². The van der Waals surface area contributed by atoms with Gasteiger partial charge in [-0.2, -0.15) is 0 Å². The van der Waals surface area contributed by atoms with Crippen molar-refractivity contribution >= 4 is 28.0 Å². The van der Waals surface area contributed by atoms with Gasteiger partial charge in [-0.25, -0.2) is 9.97 Å². The fraction of sp³-hybridized carbons (Fsp3) is 0.143. The first-order valence-corrected chi connectivity index (χ1v) is 10.3. The van der Waals surface area contributed by atoms with E-state index in [4.69, 9.17) is 10.8 Å². The molecule has 0 aliphatic carbocycles. The number of aliphatic hydroxyl groups is 1. The monoisotopic (exact) mass is 392 g/mol. The quantitative estimate of drug-likeness (QED) is 0.491. The number of rotatable bonds is 6. The maximum atomic E-state index is 12.5. The van der Waals surface area contributed by atoms with E-state index >= 15 is 0 Å². The summed E-state index contributed by atoms with van der Waals surface area (Å²) in [4.78, 5) is 9.33. The zero-order chi connectivity index (χ0) is 19.5. The first kappa shape index (κ1) is 18.5. The van der Waals surface area contributed by atoms with Crippen molar-refractivity contribution in [2.45, 2.75) is 11.3 Å². The fourth-order valence-corrected chi connectivity index (χ4v) is 4.32. The Labute approximate surface area is 165 Å². The van der Waals surface area contributed by atoms with E-state index in [9.17, 15) is 4.55 Å². The lowest BCUT2D eigenvalue weighted by Gasteiger charge is -2.11. The Kier molecular flexibility index (Phi) is 5.29. The van der Waals surface area contributed by atoms with Crippen LogP contribution in [-0.4, -0.2) is 36.6 Å². The van der Waals surface area contributed by atoms with Crippen molar-refractivity contribution in [3.8, 4) is 16.8 Å². The molecule has 2 aromatic heterocycles. The van der Waals surface area contributed by atoms with Crippen molar-refractivity contribution in [1.29, 1.82) is 0 Å². The highest BCUT2D eigenvalue weighted by atomic mass is 32.2. The molecule has 0 fully saturated rings.